The van der Waals surface area contributed by atoms with Gasteiger partial charge in [0, 0.05) is 111 Å². The van der Waals surface area contributed by atoms with E-state index in [0.717, 1.165) is 147 Å². The standard InChI is InChI=1S/C33H41N5O3.C26H36N4O2/c1-4-36-18-20-37(21-19-36)30-13-8-12-27-28(30)23-38(32(27)39)29(25-15-16-31(41-3)24(2)22-25)14-9-17-34-33(40)35-26-10-6-5-7-11-26;1-4-28-13-15-29(16-14-28)24-8-5-7-21-22(24)18-30(26(21)31)23(9-6-12-27)20-10-11-25(32-3)19(2)17-20/h5-8,10-13,15-16,22,29H,4,9,14,17-21,23H2,1-3H3,(H2,34,35,40);5,7-8,10-11,17,23H,4,6,9,12-16,18,27H2,1-3H3/t29-;23-/m11/s1. The number of nitrogens with one attached hydrogen (secondary N) is 2. The average Bonchev–Trinajstić information content (AvgIpc) is 3.94. The van der Waals surface area contributed by atoms with E-state index in [2.05, 4.69) is 87.4 Å². The van der Waals surface area contributed by atoms with Crippen molar-refractivity contribution in [2.45, 2.75) is 78.6 Å². The molecular weight excluding hydrogens is 915 g/mol. The maximum atomic E-state index is 13.9. The number of nitrogens with zero attached hydrogens (tertiary/aromatic N) is 6. The highest BCUT2D eigenvalue weighted by molar-refractivity contribution is 6.01. The van der Waals surface area contributed by atoms with Crippen molar-refractivity contribution in [1.29, 1.82) is 0 Å². The van der Waals surface area contributed by atoms with Crippen LogP contribution >= 0.6 is 0 Å². The Balaban J connectivity index is 0.000000201. The lowest BCUT2D eigenvalue weighted by Crippen LogP contribution is -2.46. The van der Waals surface area contributed by atoms with Crippen LogP contribution in [-0.4, -0.2) is 130 Å². The van der Waals surface area contributed by atoms with Gasteiger partial charge < -0.3 is 55.2 Å². The van der Waals surface area contributed by atoms with E-state index in [0.29, 0.717) is 26.2 Å². The average molecular weight is 992 g/mol. The van der Waals surface area contributed by atoms with Gasteiger partial charge in [-0.2, -0.15) is 0 Å². The van der Waals surface area contributed by atoms with Crippen LogP contribution in [0.15, 0.2) is 103 Å². The highest BCUT2D eigenvalue weighted by atomic mass is 16.5. The molecule has 0 saturated carbocycles. The Labute approximate surface area is 433 Å². The minimum atomic E-state index is -0.231. The van der Waals surface area contributed by atoms with Gasteiger partial charge >= 0.3 is 6.03 Å². The largest absolute Gasteiger partial charge is 0.496 e. The van der Waals surface area contributed by atoms with Crippen molar-refractivity contribution < 1.29 is 23.9 Å². The predicted molar refractivity (Wildman–Crippen MR) is 293 cm³/mol. The summed E-state index contributed by atoms with van der Waals surface area (Å²) < 4.78 is 11.0. The first kappa shape index (κ1) is 52.7. The molecule has 4 N–H and O–H groups in total. The number of carbonyl (C=O) groups excluding carboxylic acids is 3. The van der Waals surface area contributed by atoms with Gasteiger partial charge in [0.05, 0.1) is 26.3 Å². The van der Waals surface area contributed by atoms with E-state index in [-0.39, 0.29) is 29.9 Å². The molecule has 0 aromatic heterocycles. The van der Waals surface area contributed by atoms with Crippen molar-refractivity contribution in [2.75, 3.05) is 108 Å². The number of anilines is 3. The number of nitrogens with two attached hydrogens (primary N) is 1. The second-order valence-electron chi connectivity index (χ2n) is 19.6. The summed E-state index contributed by atoms with van der Waals surface area (Å²) in [6.07, 6.45) is 3.18. The van der Waals surface area contributed by atoms with Crippen LogP contribution in [0.25, 0.3) is 0 Å². The van der Waals surface area contributed by atoms with Crippen LogP contribution in [0.4, 0.5) is 21.9 Å². The van der Waals surface area contributed by atoms with Crippen molar-refractivity contribution in [1.82, 2.24) is 24.9 Å². The second-order valence-corrected chi connectivity index (χ2v) is 19.6. The minimum Gasteiger partial charge on any atom is -0.496 e. The number of ether oxygens (including phenoxy) is 2. The zero-order chi connectivity index (χ0) is 51.4. The maximum Gasteiger partial charge on any atom is 0.319 e. The van der Waals surface area contributed by atoms with Crippen molar-refractivity contribution >= 4 is 34.9 Å². The zero-order valence-corrected chi connectivity index (χ0v) is 44.0. The molecule has 388 valence electrons. The van der Waals surface area contributed by atoms with Crippen LogP contribution < -0.4 is 35.6 Å². The van der Waals surface area contributed by atoms with Gasteiger partial charge in [-0.25, -0.2) is 4.79 Å². The highest BCUT2D eigenvalue weighted by Gasteiger charge is 2.38. The number of hydrogen-bond donors (Lipinski definition) is 3. The molecule has 4 amide bonds. The molecule has 73 heavy (non-hydrogen) atoms. The van der Waals surface area contributed by atoms with Gasteiger partial charge in [-0.15, -0.1) is 0 Å². The first-order valence-electron chi connectivity index (χ1n) is 26.4. The molecule has 14 heteroatoms. The fraction of sp³-hybridized carbons (Fsp3) is 0.441. The smallest absolute Gasteiger partial charge is 0.319 e. The number of carbonyl (C=O) groups is 3. The summed E-state index contributed by atoms with van der Waals surface area (Å²) in [5.74, 6) is 1.90. The Morgan fingerprint density at radius 2 is 1.07 bits per heavy atom. The Morgan fingerprint density at radius 3 is 1.49 bits per heavy atom. The van der Waals surface area contributed by atoms with Gasteiger partial charge in [-0.1, -0.05) is 68.4 Å². The van der Waals surface area contributed by atoms with Crippen molar-refractivity contribution in [2.24, 2.45) is 5.73 Å². The maximum absolute atomic E-state index is 13.9. The first-order chi connectivity index (χ1) is 35.5. The molecule has 9 rings (SSSR count). The Bertz CT molecular complexity index is 2660. The molecule has 0 aliphatic carbocycles. The molecule has 14 nitrogen and oxygen atoms in total. The molecule has 5 aromatic carbocycles. The molecule has 2 saturated heterocycles. The molecule has 5 aromatic rings. The normalized spacial score (nSPS) is 16.6. The van der Waals surface area contributed by atoms with E-state index in [4.69, 9.17) is 15.2 Å². The lowest BCUT2D eigenvalue weighted by molar-refractivity contribution is 0.0682. The second kappa shape index (κ2) is 24.9. The number of amides is 4. The number of urea groups is 1. The molecule has 2 fully saturated rings. The van der Waals surface area contributed by atoms with E-state index in [9.17, 15) is 14.4 Å². The molecule has 0 radical (unpaired) electrons. The molecule has 4 aliphatic heterocycles. The first-order valence-corrected chi connectivity index (χ1v) is 26.4. The number of benzene rings is 5. The van der Waals surface area contributed by atoms with Gasteiger partial charge in [0.25, 0.3) is 11.8 Å². The van der Waals surface area contributed by atoms with Crippen molar-refractivity contribution in [3.05, 3.63) is 148 Å². The highest BCUT2D eigenvalue weighted by Crippen LogP contribution is 2.41. The number of methoxy groups -OCH3 is 2. The van der Waals surface area contributed by atoms with E-state index in [1.807, 2.05) is 83.5 Å². The number of likely N-dealkylation sites (N-methyl/N-ethyl adjacent to an activating group) is 2. The van der Waals surface area contributed by atoms with Crippen LogP contribution in [0, 0.1) is 13.8 Å². The van der Waals surface area contributed by atoms with Crippen LogP contribution in [0.2, 0.25) is 0 Å². The summed E-state index contributed by atoms with van der Waals surface area (Å²) in [7, 11) is 3.37. The van der Waals surface area contributed by atoms with Gasteiger partial charge in [0.1, 0.15) is 11.5 Å². The predicted octanol–water partition coefficient (Wildman–Crippen LogP) is 9.03. The third-order valence-electron chi connectivity index (χ3n) is 15.3. The number of piperazine rings is 2. The number of fused-ring (bicyclic) bond motifs is 2. The fourth-order valence-electron chi connectivity index (χ4n) is 11.1. The van der Waals surface area contributed by atoms with Crippen LogP contribution in [-0.2, 0) is 13.1 Å². The topological polar surface area (TPSA) is 139 Å². The van der Waals surface area contributed by atoms with Gasteiger partial charge in [0.15, 0.2) is 0 Å². The Morgan fingerprint density at radius 1 is 0.603 bits per heavy atom. The van der Waals surface area contributed by atoms with Crippen molar-refractivity contribution in [3.8, 4) is 11.5 Å². The number of aryl methyl sites for hydroxylation is 2. The van der Waals surface area contributed by atoms with E-state index in [1.54, 1.807) is 14.2 Å². The number of hydrogen-bond acceptors (Lipinski definition) is 10. The lowest BCUT2D eigenvalue weighted by atomic mass is 9.98. The monoisotopic (exact) mass is 992 g/mol. The fourth-order valence-corrected chi connectivity index (χ4v) is 11.1. The van der Waals surface area contributed by atoms with Crippen LogP contribution in [0.5, 0.6) is 11.5 Å². The molecule has 2 atom stereocenters. The lowest BCUT2D eigenvalue weighted by Gasteiger charge is -2.36. The van der Waals surface area contributed by atoms with Crippen molar-refractivity contribution in [3.63, 3.8) is 0 Å². The quantitative estimate of drug-likeness (QED) is 0.0730. The zero-order valence-electron chi connectivity index (χ0n) is 44.0. The van der Waals surface area contributed by atoms with E-state index in [1.165, 1.54) is 16.9 Å². The van der Waals surface area contributed by atoms with E-state index < -0.39 is 0 Å². The van der Waals surface area contributed by atoms with Crippen LogP contribution in [0.3, 0.4) is 0 Å². The molecule has 0 bridgehead atoms. The van der Waals surface area contributed by atoms with Gasteiger partial charge in [0.2, 0.25) is 0 Å². The number of rotatable bonds is 18. The van der Waals surface area contributed by atoms with Crippen LogP contribution in [0.1, 0.15) is 106 Å². The molecular formula is C59H77N9O5. The molecule has 0 spiro atoms. The summed E-state index contributed by atoms with van der Waals surface area (Å²) in [5, 5.41) is 5.83. The molecule has 4 heterocycles. The SMILES string of the molecule is CCN1CCN(c2cccc3c2CN([C@H](CCCN)c2ccc(OC)c(C)c2)C3=O)CC1.CCN1CCN(c2cccc3c2CN([C@H](CCCNC(=O)Nc2ccccc2)c2ccc(OC)c(C)c2)C3=O)CC1. The molecule has 0 unspecified atom stereocenters. The van der Waals surface area contributed by atoms with Gasteiger partial charge in [-0.3, -0.25) is 9.59 Å². The third kappa shape index (κ3) is 12.3. The summed E-state index contributed by atoms with van der Waals surface area (Å²) >= 11 is 0. The molecule has 4 aliphatic rings. The third-order valence-corrected chi connectivity index (χ3v) is 15.3. The summed E-state index contributed by atoms with van der Waals surface area (Å²) in [5.41, 5.74) is 17.3. The summed E-state index contributed by atoms with van der Waals surface area (Å²) in [6.45, 7) is 21.2. The number of para-hydroxylation sites is 1. The van der Waals surface area contributed by atoms with Gasteiger partial charge in [-0.05, 0) is 130 Å². The minimum absolute atomic E-state index is 0.00726. The van der Waals surface area contributed by atoms with E-state index >= 15 is 0 Å². The summed E-state index contributed by atoms with van der Waals surface area (Å²) in [4.78, 5) is 53.8. The Kier molecular flexibility index (Phi) is 18.0. The summed E-state index contributed by atoms with van der Waals surface area (Å²) in [6, 6.07) is 33.8. The Hall–Kier alpha value is -6.61.